The zero-order valence-electron chi connectivity index (χ0n) is 10.2. The first-order valence-corrected chi connectivity index (χ1v) is 4.90. The smallest absolute Gasteiger partial charge is 0.236 e. The second-order valence-electron chi connectivity index (χ2n) is 3.00. The predicted octanol–water partition coefficient (Wildman–Crippen LogP) is -0.0478. The maximum Gasteiger partial charge on any atom is 0.236 e. The molecule has 0 aromatic rings. The summed E-state index contributed by atoms with van der Waals surface area (Å²) in [6.45, 7) is 3.69. The molecule has 1 unspecified atom stereocenters. The molecule has 1 amide bonds. The monoisotopic (exact) mass is 218 g/mol. The highest BCUT2D eigenvalue weighted by Gasteiger charge is 2.09. The largest absolute Gasteiger partial charge is 0.377 e. The van der Waals surface area contributed by atoms with Gasteiger partial charge >= 0.3 is 0 Å². The van der Waals surface area contributed by atoms with Crippen LogP contribution in [0.25, 0.3) is 0 Å². The molecule has 0 spiro atoms. The number of hydrogen-bond acceptors (Lipinski definition) is 4. The fraction of sp³-hybridized carbons (Fsp3) is 0.800. The number of Topliss-reactive ketones (excluding diaryl/α,β-unsaturated/α-hetero) is 1. The van der Waals surface area contributed by atoms with E-state index in [1.165, 1.54) is 14.0 Å². The van der Waals surface area contributed by atoms with Gasteiger partial charge < -0.3 is 15.4 Å². The van der Waals surface area contributed by atoms with Crippen LogP contribution in [0.5, 0.6) is 0 Å². The lowest BCUT2D eigenvalue weighted by molar-refractivity contribution is -0.122. The topological polar surface area (TPSA) is 67.4 Å². The van der Waals surface area contributed by atoms with Crippen LogP contribution in [-0.4, -0.2) is 45.5 Å². The van der Waals surface area contributed by atoms with E-state index < -0.39 is 0 Å². The van der Waals surface area contributed by atoms with Crippen molar-refractivity contribution in [3.63, 3.8) is 0 Å². The molecular formula is C10H22N2O3. The fourth-order valence-corrected chi connectivity index (χ4v) is 0.898. The molecule has 0 aromatic heterocycles. The van der Waals surface area contributed by atoms with Gasteiger partial charge in [-0.1, -0.05) is 6.92 Å². The summed E-state index contributed by atoms with van der Waals surface area (Å²) in [5.41, 5.74) is 0. The maximum atomic E-state index is 10.8. The van der Waals surface area contributed by atoms with Crippen molar-refractivity contribution in [2.24, 2.45) is 0 Å². The summed E-state index contributed by atoms with van der Waals surface area (Å²) in [6, 6.07) is -0.0324. The van der Waals surface area contributed by atoms with Gasteiger partial charge in [-0.2, -0.15) is 0 Å². The number of nitrogens with one attached hydrogen (secondary N) is 2. The highest BCUT2D eigenvalue weighted by atomic mass is 16.5. The molecule has 5 heteroatoms. The normalized spacial score (nSPS) is 11.0. The Bertz CT molecular complexity index is 180. The minimum absolute atomic E-state index is 0.0324. The van der Waals surface area contributed by atoms with E-state index in [9.17, 15) is 9.59 Å². The predicted molar refractivity (Wildman–Crippen MR) is 59.8 cm³/mol. The number of rotatable bonds is 5. The SMILES string of the molecule is CCC(NC)C(=O)NC.COCC(C)=O. The number of hydrogen-bond donors (Lipinski definition) is 2. The average molecular weight is 218 g/mol. The molecule has 0 saturated heterocycles. The highest BCUT2D eigenvalue weighted by Crippen LogP contribution is 1.87. The first-order valence-electron chi connectivity index (χ1n) is 4.90. The van der Waals surface area contributed by atoms with Crippen LogP contribution in [0.2, 0.25) is 0 Å². The Morgan fingerprint density at radius 1 is 1.33 bits per heavy atom. The Labute approximate surface area is 91.6 Å². The van der Waals surface area contributed by atoms with Gasteiger partial charge in [0.2, 0.25) is 5.91 Å². The summed E-state index contributed by atoms with van der Waals surface area (Å²) >= 11 is 0. The van der Waals surface area contributed by atoms with Gasteiger partial charge in [-0.3, -0.25) is 9.59 Å². The fourth-order valence-electron chi connectivity index (χ4n) is 0.898. The zero-order valence-corrected chi connectivity index (χ0v) is 10.2. The summed E-state index contributed by atoms with van der Waals surface area (Å²) in [5.74, 6) is 0.123. The van der Waals surface area contributed by atoms with Crippen LogP contribution in [0.3, 0.4) is 0 Å². The van der Waals surface area contributed by atoms with E-state index in [0.717, 1.165) is 6.42 Å². The lowest BCUT2D eigenvalue weighted by atomic mass is 10.2. The van der Waals surface area contributed by atoms with Crippen molar-refractivity contribution in [3.05, 3.63) is 0 Å². The van der Waals surface area contributed by atoms with E-state index in [1.54, 1.807) is 14.1 Å². The van der Waals surface area contributed by atoms with Crippen LogP contribution in [0.1, 0.15) is 20.3 Å². The molecule has 0 aliphatic heterocycles. The van der Waals surface area contributed by atoms with Gasteiger partial charge in [0, 0.05) is 14.2 Å². The molecule has 0 aliphatic rings. The van der Waals surface area contributed by atoms with Crippen molar-refractivity contribution in [1.82, 2.24) is 10.6 Å². The molecule has 1 atom stereocenters. The van der Waals surface area contributed by atoms with Gasteiger partial charge in [0.15, 0.2) is 5.78 Å². The average Bonchev–Trinajstić information content (AvgIpc) is 2.20. The number of carbonyl (C=O) groups is 2. The number of likely N-dealkylation sites (N-methyl/N-ethyl adjacent to an activating group) is 2. The Morgan fingerprint density at radius 2 is 1.87 bits per heavy atom. The van der Waals surface area contributed by atoms with Crippen molar-refractivity contribution < 1.29 is 14.3 Å². The van der Waals surface area contributed by atoms with Crippen LogP contribution in [0, 0.1) is 0 Å². The number of carbonyl (C=O) groups excluding carboxylic acids is 2. The molecule has 0 rings (SSSR count). The van der Waals surface area contributed by atoms with Gasteiger partial charge in [0.05, 0.1) is 6.04 Å². The molecule has 0 aromatic carbocycles. The molecule has 0 fully saturated rings. The zero-order chi connectivity index (χ0) is 12.3. The molecule has 0 bridgehead atoms. The molecule has 0 heterocycles. The summed E-state index contributed by atoms with van der Waals surface area (Å²) in [5, 5.41) is 5.46. The molecule has 0 saturated carbocycles. The number of methoxy groups -OCH3 is 1. The van der Waals surface area contributed by atoms with Gasteiger partial charge in [-0.15, -0.1) is 0 Å². The number of ketones is 1. The molecule has 90 valence electrons. The van der Waals surface area contributed by atoms with E-state index in [4.69, 9.17) is 0 Å². The third kappa shape index (κ3) is 11.0. The summed E-state index contributed by atoms with van der Waals surface area (Å²) < 4.78 is 4.45. The van der Waals surface area contributed by atoms with Crippen molar-refractivity contribution in [2.45, 2.75) is 26.3 Å². The first kappa shape index (κ1) is 16.5. The maximum absolute atomic E-state index is 10.8. The standard InChI is InChI=1S/C6H14N2O.C4H8O2/c1-4-5(7-2)6(9)8-3;1-4(5)3-6-2/h5,7H,4H2,1-3H3,(H,8,9);3H2,1-2H3. The Hall–Kier alpha value is -0.940. The van der Waals surface area contributed by atoms with Crippen LogP contribution < -0.4 is 10.6 Å². The molecule has 0 aliphatic carbocycles. The van der Waals surface area contributed by atoms with E-state index in [-0.39, 0.29) is 24.3 Å². The minimum atomic E-state index is -0.0324. The molecule has 0 radical (unpaired) electrons. The Kier molecular flexibility index (Phi) is 12.2. The van der Waals surface area contributed by atoms with Crippen LogP contribution in [0.15, 0.2) is 0 Å². The third-order valence-electron chi connectivity index (χ3n) is 1.67. The van der Waals surface area contributed by atoms with Gasteiger partial charge in [-0.05, 0) is 20.4 Å². The van der Waals surface area contributed by atoms with Crippen LogP contribution in [-0.2, 0) is 14.3 Å². The van der Waals surface area contributed by atoms with E-state index in [2.05, 4.69) is 15.4 Å². The number of amides is 1. The van der Waals surface area contributed by atoms with Gasteiger partial charge in [0.1, 0.15) is 6.61 Å². The lowest BCUT2D eigenvalue weighted by Gasteiger charge is -2.10. The van der Waals surface area contributed by atoms with E-state index >= 15 is 0 Å². The minimum Gasteiger partial charge on any atom is -0.377 e. The van der Waals surface area contributed by atoms with E-state index in [0.29, 0.717) is 0 Å². The molecular weight excluding hydrogens is 196 g/mol. The summed E-state index contributed by atoms with van der Waals surface area (Å²) in [4.78, 5) is 20.7. The highest BCUT2D eigenvalue weighted by molar-refractivity contribution is 5.81. The van der Waals surface area contributed by atoms with E-state index in [1.807, 2.05) is 6.92 Å². The van der Waals surface area contributed by atoms with Crippen LogP contribution in [0.4, 0.5) is 0 Å². The Morgan fingerprint density at radius 3 is 1.93 bits per heavy atom. The van der Waals surface area contributed by atoms with Crippen molar-refractivity contribution in [3.8, 4) is 0 Å². The van der Waals surface area contributed by atoms with Crippen LogP contribution >= 0.6 is 0 Å². The quantitative estimate of drug-likeness (QED) is 0.679. The van der Waals surface area contributed by atoms with Crippen molar-refractivity contribution >= 4 is 11.7 Å². The van der Waals surface area contributed by atoms with Gasteiger partial charge in [-0.25, -0.2) is 0 Å². The molecule has 15 heavy (non-hydrogen) atoms. The van der Waals surface area contributed by atoms with Gasteiger partial charge in [0.25, 0.3) is 0 Å². The summed E-state index contributed by atoms with van der Waals surface area (Å²) in [6.07, 6.45) is 0.830. The second-order valence-corrected chi connectivity index (χ2v) is 3.00. The second kappa shape index (κ2) is 11.1. The number of ether oxygens (including phenoxy) is 1. The molecule has 5 nitrogen and oxygen atoms in total. The van der Waals surface area contributed by atoms with Crippen molar-refractivity contribution in [1.29, 1.82) is 0 Å². The lowest BCUT2D eigenvalue weighted by Crippen LogP contribution is -2.40. The first-order chi connectivity index (χ1) is 7.03. The Balaban J connectivity index is 0. The molecule has 2 N–H and O–H groups in total. The third-order valence-corrected chi connectivity index (χ3v) is 1.67. The van der Waals surface area contributed by atoms with Crippen molar-refractivity contribution in [2.75, 3.05) is 27.8 Å². The summed E-state index contributed by atoms with van der Waals surface area (Å²) in [7, 11) is 4.92.